The molecule has 0 spiro atoms. The van der Waals surface area contributed by atoms with E-state index in [0.29, 0.717) is 12.6 Å². The molecule has 0 aliphatic carbocycles. The lowest BCUT2D eigenvalue weighted by Gasteiger charge is -2.23. The zero-order valence-electron chi connectivity index (χ0n) is 7.16. The Labute approximate surface area is 68.2 Å². The van der Waals surface area contributed by atoms with E-state index in [1.165, 1.54) is 12.8 Å². The largest absolute Gasteiger partial charge is 0.390 e. The van der Waals surface area contributed by atoms with Crippen LogP contribution in [0.25, 0.3) is 0 Å². The van der Waals surface area contributed by atoms with Crippen molar-refractivity contribution in [3.05, 3.63) is 0 Å². The SMILES string of the molecule is CC1CCCN1C[C@H](O)CN. The minimum absolute atomic E-state index is 0.337. The summed E-state index contributed by atoms with van der Waals surface area (Å²) in [5.41, 5.74) is 5.32. The summed E-state index contributed by atoms with van der Waals surface area (Å²) in [5, 5.41) is 9.27. The highest BCUT2D eigenvalue weighted by molar-refractivity contribution is 4.77. The van der Waals surface area contributed by atoms with Crippen molar-refractivity contribution in [1.82, 2.24) is 4.90 Å². The maximum Gasteiger partial charge on any atom is 0.0789 e. The minimum atomic E-state index is -0.337. The smallest absolute Gasteiger partial charge is 0.0789 e. The summed E-state index contributed by atoms with van der Waals surface area (Å²) in [6.07, 6.45) is 2.19. The van der Waals surface area contributed by atoms with E-state index in [1.54, 1.807) is 0 Å². The molecule has 0 bridgehead atoms. The van der Waals surface area contributed by atoms with Gasteiger partial charge >= 0.3 is 0 Å². The number of nitrogens with two attached hydrogens (primary N) is 1. The van der Waals surface area contributed by atoms with Crippen LogP contribution in [-0.2, 0) is 0 Å². The summed E-state index contributed by atoms with van der Waals surface area (Å²) in [7, 11) is 0. The Morgan fingerprint density at radius 1 is 1.73 bits per heavy atom. The van der Waals surface area contributed by atoms with Crippen LogP contribution in [0, 0.1) is 0 Å². The van der Waals surface area contributed by atoms with E-state index < -0.39 is 0 Å². The predicted octanol–water partition coefficient (Wildman–Crippen LogP) is -0.210. The molecule has 0 aromatic rings. The molecular weight excluding hydrogens is 140 g/mol. The van der Waals surface area contributed by atoms with Crippen molar-refractivity contribution in [2.45, 2.75) is 31.9 Å². The van der Waals surface area contributed by atoms with Crippen molar-refractivity contribution in [3.8, 4) is 0 Å². The quantitative estimate of drug-likeness (QED) is 0.597. The molecule has 3 N–H and O–H groups in total. The normalized spacial score (nSPS) is 29.2. The van der Waals surface area contributed by atoms with Crippen molar-refractivity contribution in [1.29, 1.82) is 0 Å². The summed E-state index contributed by atoms with van der Waals surface area (Å²) >= 11 is 0. The first kappa shape index (κ1) is 8.97. The van der Waals surface area contributed by atoms with Crippen molar-refractivity contribution in [2.24, 2.45) is 5.73 Å². The fourth-order valence-electron chi connectivity index (χ4n) is 1.61. The van der Waals surface area contributed by atoms with Crippen LogP contribution in [0.1, 0.15) is 19.8 Å². The summed E-state index contributed by atoms with van der Waals surface area (Å²) < 4.78 is 0. The first-order valence-corrected chi connectivity index (χ1v) is 4.36. The molecule has 0 radical (unpaired) electrons. The van der Waals surface area contributed by atoms with Crippen LogP contribution in [0.3, 0.4) is 0 Å². The molecule has 1 heterocycles. The predicted molar refractivity (Wildman–Crippen MR) is 45.3 cm³/mol. The van der Waals surface area contributed by atoms with E-state index in [0.717, 1.165) is 13.1 Å². The highest BCUT2D eigenvalue weighted by Gasteiger charge is 2.21. The zero-order valence-corrected chi connectivity index (χ0v) is 7.16. The van der Waals surface area contributed by atoms with Gasteiger partial charge in [0, 0.05) is 19.1 Å². The molecule has 11 heavy (non-hydrogen) atoms. The van der Waals surface area contributed by atoms with Crippen LogP contribution in [0.15, 0.2) is 0 Å². The molecule has 1 unspecified atom stereocenters. The summed E-state index contributed by atoms with van der Waals surface area (Å²) in [6.45, 7) is 4.45. The number of aliphatic hydroxyl groups excluding tert-OH is 1. The van der Waals surface area contributed by atoms with E-state index in [-0.39, 0.29) is 6.10 Å². The van der Waals surface area contributed by atoms with Gasteiger partial charge < -0.3 is 10.8 Å². The van der Waals surface area contributed by atoms with E-state index >= 15 is 0 Å². The van der Waals surface area contributed by atoms with Crippen LogP contribution in [-0.4, -0.2) is 41.8 Å². The van der Waals surface area contributed by atoms with Gasteiger partial charge in [0.05, 0.1) is 6.10 Å². The number of hydrogen-bond donors (Lipinski definition) is 2. The van der Waals surface area contributed by atoms with E-state index in [1.807, 2.05) is 0 Å². The topological polar surface area (TPSA) is 49.5 Å². The number of hydrogen-bond acceptors (Lipinski definition) is 3. The average molecular weight is 158 g/mol. The maximum atomic E-state index is 9.27. The Morgan fingerprint density at radius 3 is 2.91 bits per heavy atom. The fraction of sp³-hybridized carbons (Fsp3) is 1.00. The average Bonchev–Trinajstić information content (AvgIpc) is 2.37. The van der Waals surface area contributed by atoms with Crippen LogP contribution < -0.4 is 5.73 Å². The molecule has 1 rings (SSSR count). The summed E-state index contributed by atoms with van der Waals surface area (Å²) in [5.74, 6) is 0. The highest BCUT2D eigenvalue weighted by atomic mass is 16.3. The van der Waals surface area contributed by atoms with E-state index in [9.17, 15) is 5.11 Å². The second-order valence-electron chi connectivity index (χ2n) is 3.38. The summed E-state index contributed by atoms with van der Waals surface area (Å²) in [4.78, 5) is 2.30. The van der Waals surface area contributed by atoms with Gasteiger partial charge in [0.25, 0.3) is 0 Å². The zero-order chi connectivity index (χ0) is 8.27. The molecule has 0 aromatic heterocycles. The molecule has 2 atom stereocenters. The van der Waals surface area contributed by atoms with Gasteiger partial charge in [-0.2, -0.15) is 0 Å². The second kappa shape index (κ2) is 4.04. The van der Waals surface area contributed by atoms with Gasteiger partial charge in [0.2, 0.25) is 0 Å². The van der Waals surface area contributed by atoms with E-state index in [2.05, 4.69) is 11.8 Å². The number of rotatable bonds is 3. The molecular formula is C8H18N2O. The van der Waals surface area contributed by atoms with Gasteiger partial charge in [-0.3, -0.25) is 4.90 Å². The Kier molecular flexibility index (Phi) is 3.30. The Balaban J connectivity index is 2.24. The third-order valence-electron chi connectivity index (χ3n) is 2.41. The van der Waals surface area contributed by atoms with Gasteiger partial charge in [-0.05, 0) is 26.3 Å². The van der Waals surface area contributed by atoms with Gasteiger partial charge in [0.1, 0.15) is 0 Å². The molecule has 1 saturated heterocycles. The lowest BCUT2D eigenvalue weighted by molar-refractivity contribution is 0.115. The summed E-state index contributed by atoms with van der Waals surface area (Å²) in [6, 6.07) is 0.635. The standard InChI is InChI=1S/C8H18N2O/c1-7-3-2-4-10(7)6-8(11)5-9/h7-8,11H,2-6,9H2,1H3/t7?,8-/m1/s1. The van der Waals surface area contributed by atoms with Gasteiger partial charge in [-0.25, -0.2) is 0 Å². The van der Waals surface area contributed by atoms with Crippen LogP contribution in [0.5, 0.6) is 0 Å². The molecule has 1 aliphatic heterocycles. The highest BCUT2D eigenvalue weighted by Crippen LogP contribution is 2.15. The first-order valence-electron chi connectivity index (χ1n) is 4.36. The molecule has 3 heteroatoms. The lowest BCUT2D eigenvalue weighted by atomic mass is 10.2. The van der Waals surface area contributed by atoms with Crippen molar-refractivity contribution < 1.29 is 5.11 Å². The first-order chi connectivity index (χ1) is 5.24. The molecule has 0 saturated carbocycles. The van der Waals surface area contributed by atoms with Gasteiger partial charge in [-0.15, -0.1) is 0 Å². The number of aliphatic hydroxyl groups is 1. The van der Waals surface area contributed by atoms with E-state index in [4.69, 9.17) is 5.73 Å². The molecule has 0 aromatic carbocycles. The number of likely N-dealkylation sites (tertiary alicyclic amines) is 1. The van der Waals surface area contributed by atoms with Crippen molar-refractivity contribution in [2.75, 3.05) is 19.6 Å². The Bertz CT molecular complexity index is 119. The van der Waals surface area contributed by atoms with Crippen LogP contribution >= 0.6 is 0 Å². The van der Waals surface area contributed by atoms with Crippen LogP contribution in [0.2, 0.25) is 0 Å². The Morgan fingerprint density at radius 2 is 2.45 bits per heavy atom. The van der Waals surface area contributed by atoms with Gasteiger partial charge in [-0.1, -0.05) is 0 Å². The van der Waals surface area contributed by atoms with Gasteiger partial charge in [0.15, 0.2) is 0 Å². The third kappa shape index (κ3) is 2.43. The Hall–Kier alpha value is -0.120. The molecule has 3 nitrogen and oxygen atoms in total. The fourth-order valence-corrected chi connectivity index (χ4v) is 1.61. The number of β-amino-alcohol motifs (C(OH)–C–C–N with tert-alkyl or cyclic N) is 1. The van der Waals surface area contributed by atoms with Crippen molar-refractivity contribution >= 4 is 0 Å². The second-order valence-corrected chi connectivity index (χ2v) is 3.38. The lowest BCUT2D eigenvalue weighted by Crippen LogP contribution is -2.38. The molecule has 66 valence electrons. The molecule has 1 fully saturated rings. The maximum absolute atomic E-state index is 9.27. The van der Waals surface area contributed by atoms with Crippen LogP contribution in [0.4, 0.5) is 0 Å². The molecule has 0 amide bonds. The minimum Gasteiger partial charge on any atom is -0.390 e. The monoisotopic (exact) mass is 158 g/mol. The molecule has 1 aliphatic rings. The third-order valence-corrected chi connectivity index (χ3v) is 2.41. The number of nitrogens with zero attached hydrogens (tertiary/aromatic N) is 1. The van der Waals surface area contributed by atoms with Crippen molar-refractivity contribution in [3.63, 3.8) is 0 Å².